The molecule has 24 heavy (non-hydrogen) atoms. The smallest absolute Gasteiger partial charge is 0.273 e. The van der Waals surface area contributed by atoms with Gasteiger partial charge < -0.3 is 19.8 Å². The van der Waals surface area contributed by atoms with E-state index in [4.69, 9.17) is 9.15 Å². The van der Waals surface area contributed by atoms with E-state index >= 15 is 0 Å². The minimum atomic E-state index is -0.213. The minimum Gasteiger partial charge on any atom is -0.444 e. The quantitative estimate of drug-likeness (QED) is 0.849. The Bertz CT molecular complexity index is 658. The van der Waals surface area contributed by atoms with E-state index in [1.165, 1.54) is 6.26 Å². The van der Waals surface area contributed by atoms with Crippen molar-refractivity contribution in [3.8, 4) is 11.5 Å². The number of piperidine rings is 1. The number of ether oxygens (including phenoxy) is 1. The van der Waals surface area contributed by atoms with Crippen LogP contribution in [-0.2, 0) is 4.74 Å². The van der Waals surface area contributed by atoms with Gasteiger partial charge in [-0.25, -0.2) is 4.98 Å². The van der Waals surface area contributed by atoms with Crippen LogP contribution in [-0.4, -0.2) is 44.2 Å². The molecule has 1 amide bonds. The molecule has 0 unspecified atom stereocenters. The lowest BCUT2D eigenvalue weighted by molar-refractivity contribution is 0.0511. The maximum absolute atomic E-state index is 12.4. The first kappa shape index (κ1) is 16.7. The molecule has 0 saturated carbocycles. The summed E-state index contributed by atoms with van der Waals surface area (Å²) in [6.45, 7) is 3.11. The minimum absolute atomic E-state index is 0.0122. The maximum atomic E-state index is 12.4. The summed E-state index contributed by atoms with van der Waals surface area (Å²) in [6, 6.07) is 9.54. The lowest BCUT2D eigenvalue weighted by Crippen LogP contribution is -2.47. The highest BCUT2D eigenvalue weighted by molar-refractivity contribution is 5.92. The van der Waals surface area contributed by atoms with E-state index in [-0.39, 0.29) is 11.3 Å². The van der Waals surface area contributed by atoms with Gasteiger partial charge in [-0.05, 0) is 38.1 Å². The number of methoxy groups -OCH3 is 1. The van der Waals surface area contributed by atoms with Gasteiger partial charge in [0.15, 0.2) is 5.69 Å². The lowest BCUT2D eigenvalue weighted by Gasteiger charge is -2.37. The molecule has 1 aliphatic heterocycles. The van der Waals surface area contributed by atoms with Gasteiger partial charge in [0.05, 0.1) is 6.61 Å². The molecule has 128 valence electrons. The normalized spacial score (nSPS) is 16.7. The van der Waals surface area contributed by atoms with Crippen LogP contribution in [0.4, 0.5) is 0 Å². The molecule has 1 aliphatic rings. The number of rotatable bonds is 6. The van der Waals surface area contributed by atoms with Crippen LogP contribution in [0.15, 0.2) is 41.0 Å². The number of hydrogen-bond acceptors (Lipinski definition) is 5. The summed E-state index contributed by atoms with van der Waals surface area (Å²) in [5.74, 6) is 0.240. The van der Waals surface area contributed by atoms with Crippen LogP contribution in [0, 0.1) is 5.41 Å². The van der Waals surface area contributed by atoms with Crippen LogP contribution in [0.1, 0.15) is 23.3 Å². The van der Waals surface area contributed by atoms with E-state index in [1.807, 2.05) is 30.3 Å². The number of aromatic nitrogens is 1. The van der Waals surface area contributed by atoms with Crippen LogP contribution < -0.4 is 10.6 Å². The molecular formula is C18H23N3O3. The van der Waals surface area contributed by atoms with Crippen molar-refractivity contribution >= 4 is 5.91 Å². The van der Waals surface area contributed by atoms with Gasteiger partial charge in [-0.1, -0.05) is 18.2 Å². The van der Waals surface area contributed by atoms with Crippen molar-refractivity contribution in [3.05, 3.63) is 42.3 Å². The number of nitrogens with one attached hydrogen (secondary N) is 2. The molecule has 3 rings (SSSR count). The number of nitrogens with zero attached hydrogens (tertiary/aromatic N) is 1. The zero-order valence-electron chi connectivity index (χ0n) is 13.9. The summed E-state index contributed by atoms with van der Waals surface area (Å²) in [7, 11) is 1.70. The van der Waals surface area contributed by atoms with Crippen molar-refractivity contribution in [2.75, 3.05) is 33.4 Å². The molecule has 0 spiro atoms. The van der Waals surface area contributed by atoms with Crippen molar-refractivity contribution in [2.24, 2.45) is 5.41 Å². The van der Waals surface area contributed by atoms with E-state index in [0.29, 0.717) is 24.7 Å². The second-order valence-corrected chi connectivity index (χ2v) is 6.27. The molecule has 6 nitrogen and oxygen atoms in total. The second-order valence-electron chi connectivity index (χ2n) is 6.27. The van der Waals surface area contributed by atoms with Gasteiger partial charge in [0, 0.05) is 24.6 Å². The highest BCUT2D eigenvalue weighted by Gasteiger charge is 2.32. The molecule has 0 radical (unpaired) electrons. The first-order valence-corrected chi connectivity index (χ1v) is 8.21. The van der Waals surface area contributed by atoms with Gasteiger partial charge in [0.2, 0.25) is 5.89 Å². The number of oxazole rings is 1. The zero-order valence-corrected chi connectivity index (χ0v) is 13.9. The first-order valence-electron chi connectivity index (χ1n) is 8.21. The zero-order chi connectivity index (χ0) is 16.8. The fourth-order valence-corrected chi connectivity index (χ4v) is 3.09. The Morgan fingerprint density at radius 2 is 2.08 bits per heavy atom. The standard InChI is InChI=1S/C18H23N3O3/c1-23-13-18(7-9-19-10-8-18)12-20-16(22)15-11-24-17(21-15)14-5-3-2-4-6-14/h2-6,11,19H,7-10,12-13H2,1H3,(H,20,22). The van der Waals surface area contributed by atoms with Crippen LogP contribution >= 0.6 is 0 Å². The number of amides is 1. The highest BCUT2D eigenvalue weighted by Crippen LogP contribution is 2.28. The van der Waals surface area contributed by atoms with Gasteiger partial charge in [-0.15, -0.1) is 0 Å². The molecule has 2 heterocycles. The van der Waals surface area contributed by atoms with Crippen molar-refractivity contribution in [1.29, 1.82) is 0 Å². The van der Waals surface area contributed by atoms with E-state index in [2.05, 4.69) is 15.6 Å². The molecule has 1 fully saturated rings. The van der Waals surface area contributed by atoms with Gasteiger partial charge in [-0.3, -0.25) is 4.79 Å². The predicted molar refractivity (Wildman–Crippen MR) is 90.7 cm³/mol. The third kappa shape index (κ3) is 3.83. The molecule has 1 saturated heterocycles. The number of carbonyl (C=O) groups excluding carboxylic acids is 1. The maximum Gasteiger partial charge on any atom is 0.273 e. The third-order valence-corrected chi connectivity index (χ3v) is 4.50. The number of benzene rings is 1. The highest BCUT2D eigenvalue weighted by atomic mass is 16.5. The fraction of sp³-hybridized carbons (Fsp3) is 0.444. The lowest BCUT2D eigenvalue weighted by atomic mass is 9.79. The van der Waals surface area contributed by atoms with Gasteiger partial charge >= 0.3 is 0 Å². The van der Waals surface area contributed by atoms with E-state index in [9.17, 15) is 4.79 Å². The summed E-state index contributed by atoms with van der Waals surface area (Å²) in [5.41, 5.74) is 1.14. The summed E-state index contributed by atoms with van der Waals surface area (Å²) in [4.78, 5) is 16.7. The average Bonchev–Trinajstić information content (AvgIpc) is 3.12. The fourth-order valence-electron chi connectivity index (χ4n) is 3.09. The summed E-state index contributed by atoms with van der Waals surface area (Å²) >= 11 is 0. The van der Waals surface area contributed by atoms with E-state index < -0.39 is 0 Å². The van der Waals surface area contributed by atoms with Gasteiger partial charge in [0.1, 0.15) is 6.26 Å². The Balaban J connectivity index is 1.63. The Hall–Kier alpha value is -2.18. The van der Waals surface area contributed by atoms with Crippen molar-refractivity contribution in [1.82, 2.24) is 15.6 Å². The van der Waals surface area contributed by atoms with Crippen LogP contribution in [0.5, 0.6) is 0 Å². The van der Waals surface area contributed by atoms with Crippen molar-refractivity contribution in [3.63, 3.8) is 0 Å². The Kier molecular flexibility index (Phi) is 5.27. The molecule has 1 aromatic heterocycles. The summed E-state index contributed by atoms with van der Waals surface area (Å²) in [5, 5.41) is 6.33. The third-order valence-electron chi connectivity index (χ3n) is 4.50. The van der Waals surface area contributed by atoms with E-state index in [0.717, 1.165) is 31.5 Å². The van der Waals surface area contributed by atoms with Crippen molar-refractivity contribution < 1.29 is 13.9 Å². The predicted octanol–water partition coefficient (Wildman–Crippen LogP) is 2.09. The molecule has 2 aromatic rings. The van der Waals surface area contributed by atoms with Crippen LogP contribution in [0.3, 0.4) is 0 Å². The topological polar surface area (TPSA) is 76.4 Å². The number of carbonyl (C=O) groups is 1. The molecule has 2 N–H and O–H groups in total. The average molecular weight is 329 g/mol. The summed E-state index contributed by atoms with van der Waals surface area (Å²) < 4.78 is 10.8. The van der Waals surface area contributed by atoms with Gasteiger partial charge in [0.25, 0.3) is 5.91 Å². The monoisotopic (exact) mass is 329 g/mol. The first-order chi connectivity index (χ1) is 11.7. The SMILES string of the molecule is COCC1(CNC(=O)c2coc(-c3ccccc3)n2)CCNCC1. The molecule has 1 aromatic carbocycles. The molecule has 0 atom stereocenters. The molecule has 6 heteroatoms. The second kappa shape index (κ2) is 7.59. The van der Waals surface area contributed by atoms with Crippen LogP contribution in [0.25, 0.3) is 11.5 Å². The van der Waals surface area contributed by atoms with Crippen molar-refractivity contribution in [2.45, 2.75) is 12.8 Å². The largest absolute Gasteiger partial charge is 0.444 e. The van der Waals surface area contributed by atoms with Crippen LogP contribution in [0.2, 0.25) is 0 Å². The van der Waals surface area contributed by atoms with E-state index in [1.54, 1.807) is 7.11 Å². The molecular weight excluding hydrogens is 306 g/mol. The molecule has 0 aliphatic carbocycles. The Morgan fingerprint density at radius 3 is 2.79 bits per heavy atom. The molecule has 0 bridgehead atoms. The summed E-state index contributed by atoms with van der Waals surface area (Å²) in [6.07, 6.45) is 3.37. The number of hydrogen-bond donors (Lipinski definition) is 2. The van der Waals surface area contributed by atoms with Gasteiger partial charge in [-0.2, -0.15) is 0 Å². The Labute approximate surface area is 141 Å². The Morgan fingerprint density at radius 1 is 1.33 bits per heavy atom.